The van der Waals surface area contributed by atoms with Gasteiger partial charge in [0.1, 0.15) is 12.1 Å². The average molecular weight is 255 g/mol. The minimum Gasteiger partial charge on any atom is -0.459 e. The third-order valence-electron chi connectivity index (χ3n) is 0.963. The van der Waals surface area contributed by atoms with E-state index in [2.05, 4.69) is 15.0 Å². The van der Waals surface area contributed by atoms with Gasteiger partial charge in [-0.15, -0.1) is 0 Å². The summed E-state index contributed by atoms with van der Waals surface area (Å²) in [5.74, 6) is -0.513. The van der Waals surface area contributed by atoms with Gasteiger partial charge in [0, 0.05) is 0 Å². The van der Waals surface area contributed by atoms with Crippen molar-refractivity contribution in [3.8, 4) is 0 Å². The molecule has 0 bridgehead atoms. The molecule has 0 aromatic carbocycles. The van der Waals surface area contributed by atoms with Crippen molar-refractivity contribution in [2.75, 3.05) is 13.2 Å². The van der Waals surface area contributed by atoms with E-state index < -0.39 is 11.6 Å². The Labute approximate surface area is 103 Å². The number of carbonyl (C=O) groups is 1. The third-order valence-corrected chi connectivity index (χ3v) is 0.963. The Hall–Kier alpha value is -2.39. The molecular weight excluding hydrogens is 242 g/mol. The fourth-order valence-electron chi connectivity index (χ4n) is 0.564. The first-order chi connectivity index (χ1) is 8.37. The van der Waals surface area contributed by atoms with Crippen molar-refractivity contribution in [1.29, 1.82) is 0 Å². The molecular formula is C10H13N3O5. The van der Waals surface area contributed by atoms with Crippen LogP contribution in [0, 0.1) is 0 Å². The number of nitrogens with zero attached hydrogens (tertiary/aromatic N) is 3. The molecule has 0 aromatic rings. The van der Waals surface area contributed by atoms with Gasteiger partial charge in [-0.3, -0.25) is 0 Å². The van der Waals surface area contributed by atoms with Crippen LogP contribution in [0.25, 0.3) is 0 Å². The van der Waals surface area contributed by atoms with Crippen LogP contribution in [0.15, 0.2) is 15.0 Å². The Morgan fingerprint density at radius 2 is 1.44 bits per heavy atom. The van der Waals surface area contributed by atoms with Gasteiger partial charge in [0.2, 0.25) is 18.2 Å². The largest absolute Gasteiger partial charge is 0.459 e. The lowest BCUT2D eigenvalue weighted by molar-refractivity contribution is -0.152. The second kappa shape index (κ2) is 11.1. The number of esters is 1. The summed E-state index contributed by atoms with van der Waals surface area (Å²) < 4.78 is 4.83. The van der Waals surface area contributed by atoms with Crippen molar-refractivity contribution in [2.45, 2.75) is 26.4 Å². The maximum absolute atomic E-state index is 10.7. The first-order valence-corrected chi connectivity index (χ1v) is 4.70. The van der Waals surface area contributed by atoms with Gasteiger partial charge >= 0.3 is 5.97 Å². The zero-order valence-corrected chi connectivity index (χ0v) is 10.3. The summed E-state index contributed by atoms with van der Waals surface area (Å²) in [6.45, 7) is 4.83. The Morgan fingerprint density at radius 3 is 1.78 bits per heavy atom. The molecule has 0 heterocycles. The highest BCUT2D eigenvalue weighted by Gasteiger charge is 2.15. The number of carbonyl (C=O) groups excluding carboxylic acids is 4. The second-order valence-electron chi connectivity index (χ2n) is 3.63. The minimum absolute atomic E-state index is 0.160. The molecule has 0 radical (unpaired) electrons. The topological polar surface area (TPSA) is 115 Å². The van der Waals surface area contributed by atoms with Crippen molar-refractivity contribution in [3.05, 3.63) is 0 Å². The molecule has 0 saturated carbocycles. The molecule has 0 amide bonds. The molecule has 0 aliphatic carbocycles. The van der Waals surface area contributed by atoms with Crippen molar-refractivity contribution in [3.63, 3.8) is 0 Å². The van der Waals surface area contributed by atoms with E-state index in [9.17, 15) is 19.2 Å². The predicted octanol–water partition coefficient (Wildman–Crippen LogP) is 0.279. The average Bonchev–Trinajstić information content (AvgIpc) is 2.26. The van der Waals surface area contributed by atoms with Gasteiger partial charge in [-0.25, -0.2) is 19.2 Å². The van der Waals surface area contributed by atoms with Gasteiger partial charge in [0.15, 0.2) is 6.67 Å². The number of hydrogen-bond donors (Lipinski definition) is 0. The molecule has 98 valence electrons. The molecule has 0 aliphatic heterocycles. The molecule has 0 N–H and O–H groups in total. The normalized spacial score (nSPS) is 8.39. The van der Waals surface area contributed by atoms with Gasteiger partial charge in [-0.2, -0.15) is 15.0 Å². The first kappa shape index (κ1) is 18.0. The lowest BCUT2D eigenvalue weighted by Crippen LogP contribution is -2.25. The van der Waals surface area contributed by atoms with E-state index in [1.54, 1.807) is 20.8 Å². The maximum atomic E-state index is 10.7. The van der Waals surface area contributed by atoms with Crippen LogP contribution in [-0.4, -0.2) is 43.0 Å². The molecule has 0 saturated heterocycles. The van der Waals surface area contributed by atoms with E-state index in [-0.39, 0.29) is 13.2 Å². The number of isocyanates is 3. The molecule has 0 fully saturated rings. The maximum Gasteiger partial charge on any atom is 0.329 e. The van der Waals surface area contributed by atoms with Gasteiger partial charge in [0.05, 0.1) is 0 Å². The van der Waals surface area contributed by atoms with Crippen LogP contribution in [0.1, 0.15) is 20.8 Å². The van der Waals surface area contributed by atoms with Crippen molar-refractivity contribution < 1.29 is 23.9 Å². The SMILES string of the molecule is CC(C)(C)OC(=O)CN=C=O.O=C=NCN=C=O. The van der Waals surface area contributed by atoms with Gasteiger partial charge in [-0.1, -0.05) is 0 Å². The molecule has 0 aliphatic rings. The number of hydrogen-bond acceptors (Lipinski definition) is 8. The van der Waals surface area contributed by atoms with Crippen LogP contribution in [0.2, 0.25) is 0 Å². The summed E-state index contributed by atoms with van der Waals surface area (Å²) in [6, 6.07) is 0. The Kier molecular flexibility index (Phi) is 11.1. The number of rotatable bonds is 4. The highest BCUT2D eigenvalue weighted by Crippen LogP contribution is 2.06. The second-order valence-corrected chi connectivity index (χ2v) is 3.63. The predicted molar refractivity (Wildman–Crippen MR) is 59.9 cm³/mol. The zero-order chi connectivity index (χ0) is 14.4. The van der Waals surface area contributed by atoms with Crippen LogP contribution in [0.3, 0.4) is 0 Å². The van der Waals surface area contributed by atoms with Gasteiger partial charge in [-0.05, 0) is 20.8 Å². The van der Waals surface area contributed by atoms with E-state index >= 15 is 0 Å². The van der Waals surface area contributed by atoms with Crippen LogP contribution >= 0.6 is 0 Å². The van der Waals surface area contributed by atoms with Crippen LogP contribution in [-0.2, 0) is 23.9 Å². The van der Waals surface area contributed by atoms with E-state index in [0.29, 0.717) is 0 Å². The summed E-state index contributed by atoms with van der Waals surface area (Å²) in [5.41, 5.74) is -0.518. The van der Waals surface area contributed by atoms with E-state index in [1.807, 2.05) is 0 Å². The third kappa shape index (κ3) is 19.2. The number of aliphatic imine (C=N–C) groups is 3. The van der Waals surface area contributed by atoms with E-state index in [1.165, 1.54) is 18.2 Å². The van der Waals surface area contributed by atoms with Crippen molar-refractivity contribution in [1.82, 2.24) is 0 Å². The molecule has 0 aromatic heterocycles. The summed E-state index contributed by atoms with van der Waals surface area (Å²) in [6.07, 6.45) is 3.67. The van der Waals surface area contributed by atoms with Gasteiger partial charge in [0.25, 0.3) is 0 Å². The monoisotopic (exact) mass is 255 g/mol. The van der Waals surface area contributed by atoms with Crippen LogP contribution < -0.4 is 0 Å². The highest BCUT2D eigenvalue weighted by atomic mass is 16.6. The molecule has 0 unspecified atom stereocenters. The molecule has 18 heavy (non-hydrogen) atoms. The lowest BCUT2D eigenvalue weighted by Gasteiger charge is -2.18. The fraction of sp³-hybridized carbons (Fsp3) is 0.600. The molecule has 8 nitrogen and oxygen atoms in total. The zero-order valence-electron chi connectivity index (χ0n) is 10.3. The number of ether oxygens (including phenoxy) is 1. The Balaban J connectivity index is 0. The molecule has 0 spiro atoms. The molecule has 0 atom stereocenters. The first-order valence-electron chi connectivity index (χ1n) is 4.70. The summed E-state index contributed by atoms with van der Waals surface area (Å²) >= 11 is 0. The molecule has 8 heteroatoms. The summed E-state index contributed by atoms with van der Waals surface area (Å²) in [4.78, 5) is 47.6. The highest BCUT2D eigenvalue weighted by molar-refractivity contribution is 5.73. The van der Waals surface area contributed by atoms with E-state index in [0.717, 1.165) is 0 Å². The van der Waals surface area contributed by atoms with Crippen molar-refractivity contribution >= 4 is 24.2 Å². The minimum atomic E-state index is -0.518. The quantitative estimate of drug-likeness (QED) is 0.406. The van der Waals surface area contributed by atoms with Gasteiger partial charge < -0.3 is 4.74 Å². The summed E-state index contributed by atoms with van der Waals surface area (Å²) in [7, 11) is 0. The molecule has 0 rings (SSSR count). The fourth-order valence-corrected chi connectivity index (χ4v) is 0.564. The standard InChI is InChI=1S/C7H11NO3.C3H2N2O2/c1-7(2,3)11-6(10)4-8-5-9;6-2-4-1-5-3-7/h4H2,1-3H3;1H2. The van der Waals surface area contributed by atoms with E-state index in [4.69, 9.17) is 4.74 Å². The van der Waals surface area contributed by atoms with Crippen LogP contribution in [0.4, 0.5) is 0 Å². The Morgan fingerprint density at radius 1 is 1.00 bits per heavy atom. The van der Waals surface area contributed by atoms with Crippen LogP contribution in [0.5, 0.6) is 0 Å². The summed E-state index contributed by atoms with van der Waals surface area (Å²) in [5, 5.41) is 0. The van der Waals surface area contributed by atoms with Crippen molar-refractivity contribution in [2.24, 2.45) is 15.0 Å². The smallest absolute Gasteiger partial charge is 0.329 e. The Bertz CT molecular complexity index is 378. The lowest BCUT2D eigenvalue weighted by atomic mass is 10.2.